The first-order valence-corrected chi connectivity index (χ1v) is 5.15. The molecule has 1 atom stereocenters. The molecule has 1 rings (SSSR count). The summed E-state index contributed by atoms with van der Waals surface area (Å²) in [5.41, 5.74) is 0.121. The second kappa shape index (κ2) is 4.24. The number of aliphatic hydroxyl groups excluding tert-OH is 1. The molecule has 2 N–H and O–H groups in total. The Bertz CT molecular complexity index is 132. The van der Waals surface area contributed by atoms with E-state index in [0.29, 0.717) is 12.6 Å². The van der Waals surface area contributed by atoms with Crippen LogP contribution >= 0.6 is 0 Å². The molecule has 0 bridgehead atoms. The smallest absolute Gasteiger partial charge is 0.0613 e. The van der Waals surface area contributed by atoms with E-state index in [1.54, 1.807) is 0 Å². The van der Waals surface area contributed by atoms with Crippen LogP contribution in [0.3, 0.4) is 0 Å². The van der Waals surface area contributed by atoms with Crippen LogP contribution in [0.4, 0.5) is 0 Å². The van der Waals surface area contributed by atoms with Gasteiger partial charge in [-0.1, -0.05) is 20.3 Å². The van der Waals surface area contributed by atoms with E-state index >= 15 is 0 Å². The Morgan fingerprint density at radius 3 is 2.42 bits per heavy atom. The summed E-state index contributed by atoms with van der Waals surface area (Å²) < 4.78 is 0. The summed E-state index contributed by atoms with van der Waals surface area (Å²) in [7, 11) is 0. The fourth-order valence-electron chi connectivity index (χ4n) is 1.66. The molecule has 12 heavy (non-hydrogen) atoms. The number of aliphatic hydroxyl groups is 1. The molecule has 1 aliphatic carbocycles. The summed E-state index contributed by atoms with van der Waals surface area (Å²) in [5, 5.41) is 12.7. The highest BCUT2D eigenvalue weighted by molar-refractivity contribution is 5.02. The molecule has 2 heteroatoms. The van der Waals surface area contributed by atoms with Crippen LogP contribution in [-0.2, 0) is 0 Å². The zero-order chi connectivity index (χ0) is 9.03. The van der Waals surface area contributed by atoms with Crippen molar-refractivity contribution in [2.24, 2.45) is 0 Å². The highest BCUT2D eigenvalue weighted by Gasteiger charge is 2.42. The molecule has 1 saturated carbocycles. The van der Waals surface area contributed by atoms with Crippen LogP contribution in [0.2, 0.25) is 0 Å². The maximum atomic E-state index is 9.11. The van der Waals surface area contributed by atoms with Gasteiger partial charge in [0, 0.05) is 11.6 Å². The van der Waals surface area contributed by atoms with E-state index in [-0.39, 0.29) is 5.54 Å². The predicted molar refractivity (Wildman–Crippen MR) is 51.2 cm³/mol. The van der Waals surface area contributed by atoms with Crippen molar-refractivity contribution >= 4 is 0 Å². The Hall–Kier alpha value is -0.0800. The molecule has 0 heterocycles. The summed E-state index contributed by atoms with van der Waals surface area (Å²) in [6.07, 6.45) is 5.95. The van der Waals surface area contributed by atoms with Crippen molar-refractivity contribution in [1.82, 2.24) is 5.32 Å². The fraction of sp³-hybridized carbons (Fsp3) is 1.00. The van der Waals surface area contributed by atoms with E-state index in [1.165, 1.54) is 19.3 Å². The normalized spacial score (nSPS) is 22.2. The van der Waals surface area contributed by atoms with Gasteiger partial charge in [0.05, 0.1) is 6.61 Å². The predicted octanol–water partition coefficient (Wildman–Crippen LogP) is 1.68. The topological polar surface area (TPSA) is 32.3 Å². The van der Waals surface area contributed by atoms with Gasteiger partial charge >= 0.3 is 0 Å². The SMILES string of the molecule is CCCC(CC)NC1(CO)CC1. The van der Waals surface area contributed by atoms with Gasteiger partial charge in [0.2, 0.25) is 0 Å². The Balaban J connectivity index is 2.26. The highest BCUT2D eigenvalue weighted by Crippen LogP contribution is 2.35. The number of hydrogen-bond donors (Lipinski definition) is 2. The van der Waals surface area contributed by atoms with Crippen molar-refractivity contribution in [3.05, 3.63) is 0 Å². The lowest BCUT2D eigenvalue weighted by Gasteiger charge is -2.22. The third-order valence-corrected chi connectivity index (χ3v) is 2.80. The van der Waals surface area contributed by atoms with Crippen molar-refractivity contribution < 1.29 is 5.11 Å². The van der Waals surface area contributed by atoms with Crippen molar-refractivity contribution in [1.29, 1.82) is 0 Å². The zero-order valence-electron chi connectivity index (χ0n) is 8.27. The van der Waals surface area contributed by atoms with E-state index in [4.69, 9.17) is 5.11 Å². The quantitative estimate of drug-likeness (QED) is 0.637. The van der Waals surface area contributed by atoms with Gasteiger partial charge in [-0.05, 0) is 25.7 Å². The van der Waals surface area contributed by atoms with Crippen molar-refractivity contribution in [3.8, 4) is 0 Å². The van der Waals surface area contributed by atoms with Gasteiger partial charge < -0.3 is 10.4 Å². The van der Waals surface area contributed by atoms with Gasteiger partial charge in [0.25, 0.3) is 0 Å². The first-order chi connectivity index (χ1) is 5.76. The number of nitrogens with one attached hydrogen (secondary N) is 1. The summed E-state index contributed by atoms with van der Waals surface area (Å²) in [5.74, 6) is 0. The van der Waals surface area contributed by atoms with Crippen molar-refractivity contribution in [2.75, 3.05) is 6.61 Å². The molecular formula is C10H21NO. The summed E-state index contributed by atoms with van der Waals surface area (Å²) >= 11 is 0. The maximum absolute atomic E-state index is 9.11. The van der Waals surface area contributed by atoms with Crippen LogP contribution in [-0.4, -0.2) is 23.3 Å². The van der Waals surface area contributed by atoms with Crippen LogP contribution in [0.1, 0.15) is 46.0 Å². The van der Waals surface area contributed by atoms with E-state index in [1.807, 2.05) is 0 Å². The molecule has 0 saturated heterocycles. The summed E-state index contributed by atoms with van der Waals surface area (Å²) in [6, 6.07) is 0.615. The molecule has 0 amide bonds. The largest absolute Gasteiger partial charge is 0.394 e. The first-order valence-electron chi connectivity index (χ1n) is 5.15. The minimum absolute atomic E-state index is 0.121. The van der Waals surface area contributed by atoms with Crippen LogP contribution in [0.5, 0.6) is 0 Å². The Kier molecular flexibility index (Phi) is 3.53. The summed E-state index contributed by atoms with van der Waals surface area (Å²) in [6.45, 7) is 4.73. The molecule has 2 nitrogen and oxygen atoms in total. The van der Waals surface area contributed by atoms with Crippen LogP contribution in [0.25, 0.3) is 0 Å². The Morgan fingerprint density at radius 2 is 2.08 bits per heavy atom. The molecule has 1 unspecified atom stereocenters. The molecular weight excluding hydrogens is 150 g/mol. The molecule has 0 spiro atoms. The molecule has 72 valence electrons. The summed E-state index contributed by atoms with van der Waals surface area (Å²) in [4.78, 5) is 0. The molecule has 0 aromatic heterocycles. The third-order valence-electron chi connectivity index (χ3n) is 2.80. The second-order valence-corrected chi connectivity index (χ2v) is 3.98. The van der Waals surface area contributed by atoms with Crippen molar-refractivity contribution in [3.63, 3.8) is 0 Å². The van der Waals surface area contributed by atoms with Gasteiger partial charge in [-0.2, -0.15) is 0 Å². The van der Waals surface area contributed by atoms with E-state index in [0.717, 1.165) is 12.8 Å². The molecule has 0 aliphatic heterocycles. The molecule has 0 aromatic rings. The van der Waals surface area contributed by atoms with Crippen LogP contribution in [0.15, 0.2) is 0 Å². The van der Waals surface area contributed by atoms with Gasteiger partial charge in [-0.15, -0.1) is 0 Å². The lowest BCUT2D eigenvalue weighted by atomic mass is 10.1. The minimum Gasteiger partial charge on any atom is -0.394 e. The molecule has 0 radical (unpaired) electrons. The fourth-order valence-corrected chi connectivity index (χ4v) is 1.66. The maximum Gasteiger partial charge on any atom is 0.0613 e. The van der Waals surface area contributed by atoms with Crippen LogP contribution < -0.4 is 5.32 Å². The standard InChI is InChI=1S/C10H21NO/c1-3-5-9(4-2)11-10(8-12)6-7-10/h9,11-12H,3-8H2,1-2H3. The van der Waals surface area contributed by atoms with Crippen molar-refractivity contribution in [2.45, 2.75) is 57.5 Å². The lowest BCUT2D eigenvalue weighted by Crippen LogP contribution is -2.42. The van der Waals surface area contributed by atoms with Gasteiger partial charge in [0.1, 0.15) is 0 Å². The van der Waals surface area contributed by atoms with Crippen LogP contribution in [0, 0.1) is 0 Å². The zero-order valence-corrected chi connectivity index (χ0v) is 8.27. The average molecular weight is 171 g/mol. The minimum atomic E-state index is 0.121. The van der Waals surface area contributed by atoms with Gasteiger partial charge in [-0.25, -0.2) is 0 Å². The van der Waals surface area contributed by atoms with E-state index in [2.05, 4.69) is 19.2 Å². The van der Waals surface area contributed by atoms with Gasteiger partial charge in [-0.3, -0.25) is 0 Å². The third kappa shape index (κ3) is 2.46. The number of hydrogen-bond acceptors (Lipinski definition) is 2. The molecule has 1 aliphatic rings. The monoisotopic (exact) mass is 171 g/mol. The van der Waals surface area contributed by atoms with E-state index in [9.17, 15) is 0 Å². The second-order valence-electron chi connectivity index (χ2n) is 3.98. The lowest BCUT2D eigenvalue weighted by molar-refractivity contribution is 0.214. The highest BCUT2D eigenvalue weighted by atomic mass is 16.3. The molecule has 1 fully saturated rings. The molecule has 0 aromatic carbocycles. The Morgan fingerprint density at radius 1 is 1.42 bits per heavy atom. The number of rotatable bonds is 6. The Labute approximate surface area is 75.4 Å². The first kappa shape index (κ1) is 10.0. The van der Waals surface area contributed by atoms with E-state index < -0.39 is 0 Å². The van der Waals surface area contributed by atoms with Gasteiger partial charge in [0.15, 0.2) is 0 Å². The average Bonchev–Trinajstić information content (AvgIpc) is 2.85.